The fourth-order valence-corrected chi connectivity index (χ4v) is 3.98. The van der Waals surface area contributed by atoms with E-state index in [0.29, 0.717) is 11.3 Å². The first-order valence-corrected chi connectivity index (χ1v) is 11.3. The van der Waals surface area contributed by atoms with Gasteiger partial charge in [-0.3, -0.25) is 0 Å². The number of H-pyrrole nitrogens is 1. The summed E-state index contributed by atoms with van der Waals surface area (Å²) in [5.74, 6) is -0.563. The van der Waals surface area contributed by atoms with Gasteiger partial charge in [0.2, 0.25) is 0 Å². The van der Waals surface area contributed by atoms with Gasteiger partial charge in [-0.05, 0) is 52.7 Å². The maximum Gasteiger partial charge on any atom is 0.328 e. The lowest BCUT2D eigenvalue weighted by Crippen LogP contribution is -2.19. The van der Waals surface area contributed by atoms with Crippen molar-refractivity contribution >= 4 is 22.4 Å². The highest BCUT2D eigenvalue weighted by Crippen LogP contribution is 2.45. The third kappa shape index (κ3) is 5.49. The number of carbonyl (C=O) groups is 1. The summed E-state index contributed by atoms with van der Waals surface area (Å²) in [5.41, 5.74) is 5.23. The molecule has 2 N–H and O–H groups in total. The number of hydrogen-bond acceptors (Lipinski definition) is 2. The van der Waals surface area contributed by atoms with E-state index in [0.717, 1.165) is 38.7 Å². The van der Waals surface area contributed by atoms with E-state index in [1.54, 1.807) is 6.92 Å². The molecule has 0 aliphatic carbocycles. The number of alkyl halides is 2. The minimum Gasteiger partial charge on any atom is -0.487 e. The first-order valence-electron chi connectivity index (χ1n) is 11.3. The average Bonchev–Trinajstić information content (AvgIpc) is 3.12. The normalized spacial score (nSPS) is 13.1. The molecule has 3 aromatic rings. The number of nitrogens with one attached hydrogen (secondary N) is 1. The second-order valence-corrected chi connectivity index (χ2v) is 10.7. The Labute approximate surface area is 199 Å². The zero-order valence-corrected chi connectivity index (χ0v) is 20.8. The van der Waals surface area contributed by atoms with Gasteiger partial charge in [-0.25, -0.2) is 13.6 Å². The van der Waals surface area contributed by atoms with E-state index < -0.39 is 19.0 Å². The van der Waals surface area contributed by atoms with Crippen LogP contribution in [0.15, 0.2) is 42.6 Å². The minimum absolute atomic E-state index is 0.173. The second kappa shape index (κ2) is 9.24. The number of hydrogen-bond donors (Lipinski definition) is 2. The topological polar surface area (TPSA) is 62.3 Å². The maximum atomic E-state index is 13.2. The highest BCUT2D eigenvalue weighted by molar-refractivity contribution is 6.00. The number of carboxylic acid groups (broad SMARTS) is 1. The number of carboxylic acids is 1. The van der Waals surface area contributed by atoms with Crippen molar-refractivity contribution in [2.45, 2.75) is 65.7 Å². The first kappa shape index (κ1) is 25.5. The molecule has 34 heavy (non-hydrogen) atoms. The minimum atomic E-state index is -2.60. The molecule has 0 spiro atoms. The molecule has 2 aromatic carbocycles. The number of aromatic nitrogens is 1. The molecule has 0 radical (unpaired) electrons. The Bertz CT molecular complexity index is 1240. The largest absolute Gasteiger partial charge is 0.487 e. The molecule has 0 fully saturated rings. The summed E-state index contributed by atoms with van der Waals surface area (Å²) >= 11 is 0. The summed E-state index contributed by atoms with van der Waals surface area (Å²) < 4.78 is 32.2. The first-order chi connectivity index (χ1) is 15.7. The highest BCUT2D eigenvalue weighted by Gasteiger charge is 2.28. The number of ether oxygens (including phenoxy) is 1. The van der Waals surface area contributed by atoms with Gasteiger partial charge in [0.1, 0.15) is 12.4 Å². The fourth-order valence-electron chi connectivity index (χ4n) is 3.98. The van der Waals surface area contributed by atoms with E-state index in [9.17, 15) is 13.6 Å². The summed E-state index contributed by atoms with van der Waals surface area (Å²) in [6, 6.07) is 9.76. The predicted octanol–water partition coefficient (Wildman–Crippen LogP) is 7.56. The van der Waals surface area contributed by atoms with Gasteiger partial charge in [-0.1, -0.05) is 53.7 Å². The van der Waals surface area contributed by atoms with Crippen molar-refractivity contribution in [3.63, 3.8) is 0 Å². The van der Waals surface area contributed by atoms with Gasteiger partial charge < -0.3 is 14.8 Å². The lowest BCUT2D eigenvalue weighted by atomic mass is 9.78. The van der Waals surface area contributed by atoms with E-state index >= 15 is 0 Å². The van der Waals surface area contributed by atoms with Crippen molar-refractivity contribution < 1.29 is 23.4 Å². The van der Waals surface area contributed by atoms with Gasteiger partial charge in [0.25, 0.3) is 6.43 Å². The van der Waals surface area contributed by atoms with Crippen LogP contribution in [0.4, 0.5) is 8.78 Å². The Morgan fingerprint density at radius 3 is 2.29 bits per heavy atom. The smallest absolute Gasteiger partial charge is 0.328 e. The number of aromatic amines is 1. The Morgan fingerprint density at radius 1 is 1.06 bits per heavy atom. The van der Waals surface area contributed by atoms with E-state index in [2.05, 4.69) is 31.8 Å². The van der Waals surface area contributed by atoms with E-state index in [4.69, 9.17) is 9.84 Å². The van der Waals surface area contributed by atoms with Crippen LogP contribution in [0.25, 0.3) is 27.6 Å². The predicted molar refractivity (Wildman–Crippen MR) is 134 cm³/mol. The molecule has 4 nitrogen and oxygen atoms in total. The van der Waals surface area contributed by atoms with E-state index in [1.165, 1.54) is 6.08 Å². The molecule has 0 amide bonds. The lowest BCUT2D eigenvalue weighted by molar-refractivity contribution is -0.131. The van der Waals surface area contributed by atoms with Crippen molar-refractivity contribution in [3.8, 4) is 16.9 Å². The van der Waals surface area contributed by atoms with Gasteiger partial charge in [0.15, 0.2) is 0 Å². The number of aliphatic carboxylic acids is 1. The van der Waals surface area contributed by atoms with Crippen molar-refractivity contribution in [3.05, 3.63) is 59.3 Å². The molecule has 0 saturated carbocycles. The third-order valence-electron chi connectivity index (χ3n) is 5.88. The maximum absolute atomic E-state index is 13.2. The van der Waals surface area contributed by atoms with Gasteiger partial charge in [-0.2, -0.15) is 0 Å². The third-order valence-corrected chi connectivity index (χ3v) is 5.88. The molecule has 182 valence electrons. The molecular formula is C28H33F2NO3. The summed E-state index contributed by atoms with van der Waals surface area (Å²) in [5, 5.41) is 10.0. The molecule has 1 heterocycles. The molecule has 0 aliphatic rings. The zero-order valence-electron chi connectivity index (χ0n) is 20.8. The van der Waals surface area contributed by atoms with Crippen LogP contribution in [0.1, 0.15) is 65.2 Å². The molecule has 0 aliphatic heterocycles. The summed E-state index contributed by atoms with van der Waals surface area (Å²) in [7, 11) is 0. The van der Waals surface area contributed by atoms with Crippen LogP contribution in [-0.2, 0) is 15.6 Å². The highest BCUT2D eigenvalue weighted by atomic mass is 19.3. The van der Waals surface area contributed by atoms with Crippen LogP contribution in [0.5, 0.6) is 5.75 Å². The molecule has 3 rings (SSSR count). The van der Waals surface area contributed by atoms with Crippen LogP contribution in [0.3, 0.4) is 0 Å². The van der Waals surface area contributed by atoms with Gasteiger partial charge in [0.05, 0.1) is 0 Å². The quantitative estimate of drug-likeness (QED) is 0.366. The van der Waals surface area contributed by atoms with E-state index in [-0.39, 0.29) is 10.8 Å². The molecule has 0 saturated heterocycles. The standard InChI is InChI=1S/C28H33F2NO3/c1-16(10-25(32)33)17-8-9-23-19(11-17)21(14-31-23)20-12-18(27(2,3)4)13-22(28(5,6)7)26(20)34-15-24(29)30/h8-14,24,31H,15H2,1-7H3,(H,32,33)/b16-10-. The van der Waals surface area contributed by atoms with Gasteiger partial charge in [0, 0.05) is 39.9 Å². The number of benzene rings is 2. The van der Waals surface area contributed by atoms with Crippen LogP contribution in [0.2, 0.25) is 0 Å². The summed E-state index contributed by atoms with van der Waals surface area (Å²) in [6.45, 7) is 13.5. The molecular weight excluding hydrogens is 436 g/mol. The van der Waals surface area contributed by atoms with Gasteiger partial charge >= 0.3 is 5.97 Å². The van der Waals surface area contributed by atoms with Crippen molar-refractivity contribution in [1.29, 1.82) is 0 Å². The number of fused-ring (bicyclic) bond motifs is 1. The monoisotopic (exact) mass is 469 g/mol. The molecule has 6 heteroatoms. The Kier molecular flexibility index (Phi) is 6.92. The van der Waals surface area contributed by atoms with Crippen LogP contribution < -0.4 is 4.74 Å². The van der Waals surface area contributed by atoms with Crippen LogP contribution >= 0.6 is 0 Å². The molecule has 0 atom stereocenters. The van der Waals surface area contributed by atoms with Crippen LogP contribution in [0, 0.1) is 0 Å². The Balaban J connectivity index is 2.35. The van der Waals surface area contributed by atoms with E-state index in [1.807, 2.05) is 51.2 Å². The SMILES string of the molecule is C/C(=C/C(=O)O)c1ccc2[nH]cc(-c3cc(C(C)(C)C)cc(C(C)(C)C)c3OCC(F)F)c2c1. The van der Waals surface area contributed by atoms with Gasteiger partial charge in [-0.15, -0.1) is 0 Å². The zero-order chi connectivity index (χ0) is 25.4. The molecule has 0 bridgehead atoms. The molecule has 0 unspecified atom stereocenters. The van der Waals surface area contributed by atoms with Crippen LogP contribution in [-0.4, -0.2) is 29.1 Å². The number of allylic oxidation sites excluding steroid dienone is 1. The second-order valence-electron chi connectivity index (χ2n) is 10.7. The number of rotatable bonds is 6. The summed E-state index contributed by atoms with van der Waals surface area (Å²) in [4.78, 5) is 14.4. The van der Waals surface area contributed by atoms with Crippen molar-refractivity contribution in [2.24, 2.45) is 0 Å². The van der Waals surface area contributed by atoms with Crippen molar-refractivity contribution in [2.75, 3.05) is 6.61 Å². The Hall–Kier alpha value is -3.15. The molecule has 1 aromatic heterocycles. The average molecular weight is 470 g/mol. The fraction of sp³-hybridized carbons (Fsp3) is 0.393. The van der Waals surface area contributed by atoms with Crippen molar-refractivity contribution in [1.82, 2.24) is 4.98 Å². The lowest BCUT2D eigenvalue weighted by Gasteiger charge is -2.29. The number of halogens is 2. The summed E-state index contributed by atoms with van der Waals surface area (Å²) in [6.07, 6.45) is 0.429. The Morgan fingerprint density at radius 2 is 1.74 bits per heavy atom.